The van der Waals surface area contributed by atoms with Gasteiger partial charge in [-0.1, -0.05) is 55.5 Å². The molecule has 0 radical (unpaired) electrons. The van der Waals surface area contributed by atoms with Crippen molar-refractivity contribution in [1.82, 2.24) is 0 Å². The zero-order valence-corrected chi connectivity index (χ0v) is 10.7. The Bertz CT molecular complexity index is 495. The van der Waals surface area contributed by atoms with Crippen molar-refractivity contribution in [2.45, 2.75) is 32.1 Å². The van der Waals surface area contributed by atoms with Gasteiger partial charge in [0.15, 0.2) is 0 Å². The van der Waals surface area contributed by atoms with E-state index >= 15 is 0 Å². The summed E-state index contributed by atoms with van der Waals surface area (Å²) >= 11 is 0. The Balaban J connectivity index is 2.02. The molecule has 0 saturated heterocycles. The van der Waals surface area contributed by atoms with Gasteiger partial charge in [0.25, 0.3) is 0 Å². The molecular weight excluding hydrogens is 204 g/mol. The molecule has 1 aromatic carbocycles. The molecule has 2 aliphatic rings. The van der Waals surface area contributed by atoms with E-state index in [0.29, 0.717) is 5.41 Å². The molecule has 0 spiro atoms. The normalized spacial score (nSPS) is 34.2. The predicted octanol–water partition coefficient (Wildman–Crippen LogP) is 4.57. The van der Waals surface area contributed by atoms with Gasteiger partial charge in [0.2, 0.25) is 0 Å². The molecule has 3 atom stereocenters. The minimum Gasteiger partial charge on any atom is -0.0955 e. The smallest absolute Gasteiger partial charge is 0.000655 e. The molecule has 3 unspecified atom stereocenters. The molecule has 0 amide bonds. The summed E-state index contributed by atoms with van der Waals surface area (Å²) in [5.74, 6) is 1.56. The largest absolute Gasteiger partial charge is 0.0955 e. The van der Waals surface area contributed by atoms with Crippen LogP contribution in [0.2, 0.25) is 0 Å². The molecule has 2 bridgehead atoms. The van der Waals surface area contributed by atoms with Gasteiger partial charge in [0.05, 0.1) is 0 Å². The van der Waals surface area contributed by atoms with Gasteiger partial charge < -0.3 is 0 Å². The SMILES string of the molecule is C=C(C)c1cccc(C2(C)CC3C=CC2C3)c1. The Morgan fingerprint density at radius 1 is 1.35 bits per heavy atom. The van der Waals surface area contributed by atoms with E-state index in [0.717, 1.165) is 17.4 Å². The molecule has 1 aromatic rings. The Morgan fingerprint density at radius 3 is 2.76 bits per heavy atom. The Kier molecular flexibility index (Phi) is 2.29. The summed E-state index contributed by atoms with van der Waals surface area (Å²) in [7, 11) is 0. The van der Waals surface area contributed by atoms with E-state index in [1.165, 1.54) is 24.0 Å². The van der Waals surface area contributed by atoms with Gasteiger partial charge in [-0.05, 0) is 48.1 Å². The van der Waals surface area contributed by atoms with Gasteiger partial charge in [0.1, 0.15) is 0 Å². The maximum atomic E-state index is 4.05. The van der Waals surface area contributed by atoms with Crippen LogP contribution in [-0.2, 0) is 5.41 Å². The van der Waals surface area contributed by atoms with Gasteiger partial charge in [-0.3, -0.25) is 0 Å². The molecule has 0 N–H and O–H groups in total. The van der Waals surface area contributed by atoms with Crippen LogP contribution in [0.15, 0.2) is 43.0 Å². The van der Waals surface area contributed by atoms with Crippen LogP contribution in [-0.4, -0.2) is 0 Å². The zero-order valence-electron chi connectivity index (χ0n) is 10.7. The molecular formula is C17H20. The third-order valence-corrected chi connectivity index (χ3v) is 4.69. The minimum atomic E-state index is 0.352. The highest BCUT2D eigenvalue weighted by Gasteiger charge is 2.45. The quantitative estimate of drug-likeness (QED) is 0.645. The predicted molar refractivity (Wildman–Crippen MR) is 73.9 cm³/mol. The average Bonchev–Trinajstić information content (AvgIpc) is 2.89. The average molecular weight is 224 g/mol. The first-order chi connectivity index (χ1) is 8.09. The van der Waals surface area contributed by atoms with E-state index in [4.69, 9.17) is 0 Å². The lowest BCUT2D eigenvalue weighted by molar-refractivity contribution is 0.395. The van der Waals surface area contributed by atoms with Crippen molar-refractivity contribution in [3.05, 3.63) is 54.1 Å². The van der Waals surface area contributed by atoms with Crippen molar-refractivity contribution in [3.8, 4) is 0 Å². The Labute approximate surface area is 104 Å². The molecule has 0 nitrogen and oxygen atoms in total. The second-order valence-electron chi connectivity index (χ2n) is 5.97. The van der Waals surface area contributed by atoms with Gasteiger partial charge in [-0.15, -0.1) is 0 Å². The number of benzene rings is 1. The van der Waals surface area contributed by atoms with Crippen LogP contribution in [0, 0.1) is 11.8 Å². The summed E-state index contributed by atoms with van der Waals surface area (Å²) in [4.78, 5) is 0. The van der Waals surface area contributed by atoms with E-state index in [2.05, 4.69) is 56.8 Å². The van der Waals surface area contributed by atoms with E-state index < -0.39 is 0 Å². The fourth-order valence-corrected chi connectivity index (χ4v) is 3.57. The highest BCUT2D eigenvalue weighted by Crippen LogP contribution is 2.53. The maximum Gasteiger partial charge on any atom is -0.000655 e. The second-order valence-corrected chi connectivity index (χ2v) is 5.97. The molecule has 0 aromatic heterocycles. The molecule has 3 rings (SSSR count). The van der Waals surface area contributed by atoms with Crippen LogP contribution >= 0.6 is 0 Å². The van der Waals surface area contributed by atoms with Crippen LogP contribution in [0.25, 0.3) is 5.57 Å². The highest BCUT2D eigenvalue weighted by molar-refractivity contribution is 5.62. The summed E-state index contributed by atoms with van der Waals surface area (Å²) in [6, 6.07) is 8.98. The van der Waals surface area contributed by atoms with Gasteiger partial charge in [-0.25, -0.2) is 0 Å². The second kappa shape index (κ2) is 3.60. The highest BCUT2D eigenvalue weighted by atomic mass is 14.5. The molecule has 88 valence electrons. The first-order valence-electron chi connectivity index (χ1n) is 6.54. The Hall–Kier alpha value is -1.30. The fourth-order valence-electron chi connectivity index (χ4n) is 3.57. The monoisotopic (exact) mass is 224 g/mol. The number of rotatable bonds is 2. The van der Waals surface area contributed by atoms with Crippen molar-refractivity contribution >= 4 is 5.57 Å². The lowest BCUT2D eigenvalue weighted by atomic mass is 9.72. The van der Waals surface area contributed by atoms with E-state index in [1.807, 2.05) is 0 Å². The van der Waals surface area contributed by atoms with E-state index in [1.54, 1.807) is 0 Å². The molecule has 0 heterocycles. The van der Waals surface area contributed by atoms with Crippen molar-refractivity contribution in [2.75, 3.05) is 0 Å². The van der Waals surface area contributed by atoms with Crippen LogP contribution in [0.3, 0.4) is 0 Å². The molecule has 17 heavy (non-hydrogen) atoms. The summed E-state index contributed by atoms with van der Waals surface area (Å²) in [5.41, 5.74) is 4.30. The molecule has 2 aliphatic carbocycles. The maximum absolute atomic E-state index is 4.05. The van der Waals surface area contributed by atoms with Crippen molar-refractivity contribution < 1.29 is 0 Å². The van der Waals surface area contributed by atoms with Crippen molar-refractivity contribution in [1.29, 1.82) is 0 Å². The molecule has 0 heteroatoms. The first-order valence-corrected chi connectivity index (χ1v) is 6.54. The van der Waals surface area contributed by atoms with Crippen LogP contribution < -0.4 is 0 Å². The zero-order chi connectivity index (χ0) is 12.0. The summed E-state index contributed by atoms with van der Waals surface area (Å²) in [6.07, 6.45) is 7.51. The van der Waals surface area contributed by atoms with Gasteiger partial charge >= 0.3 is 0 Å². The number of hydrogen-bond donors (Lipinski definition) is 0. The third kappa shape index (κ3) is 1.58. The van der Waals surface area contributed by atoms with E-state index in [9.17, 15) is 0 Å². The van der Waals surface area contributed by atoms with Crippen LogP contribution in [0.5, 0.6) is 0 Å². The summed E-state index contributed by atoms with van der Waals surface area (Å²) in [6.45, 7) is 8.56. The third-order valence-electron chi connectivity index (χ3n) is 4.69. The summed E-state index contributed by atoms with van der Waals surface area (Å²) in [5, 5.41) is 0. The number of allylic oxidation sites excluding steroid dienone is 3. The lowest BCUT2D eigenvalue weighted by Gasteiger charge is -2.32. The topological polar surface area (TPSA) is 0 Å². The molecule has 0 aliphatic heterocycles. The van der Waals surface area contributed by atoms with Crippen LogP contribution in [0.1, 0.15) is 37.8 Å². The van der Waals surface area contributed by atoms with Crippen molar-refractivity contribution in [3.63, 3.8) is 0 Å². The number of fused-ring (bicyclic) bond motifs is 2. The van der Waals surface area contributed by atoms with Crippen molar-refractivity contribution in [2.24, 2.45) is 11.8 Å². The van der Waals surface area contributed by atoms with Crippen LogP contribution in [0.4, 0.5) is 0 Å². The number of hydrogen-bond acceptors (Lipinski definition) is 0. The van der Waals surface area contributed by atoms with Gasteiger partial charge in [0, 0.05) is 0 Å². The summed E-state index contributed by atoms with van der Waals surface area (Å²) < 4.78 is 0. The van der Waals surface area contributed by atoms with E-state index in [-0.39, 0.29) is 0 Å². The van der Waals surface area contributed by atoms with Gasteiger partial charge in [-0.2, -0.15) is 0 Å². The molecule has 1 saturated carbocycles. The fraction of sp³-hybridized carbons (Fsp3) is 0.412. The lowest BCUT2D eigenvalue weighted by Crippen LogP contribution is -2.26. The molecule has 1 fully saturated rings. The minimum absolute atomic E-state index is 0.352. The first kappa shape index (κ1) is 10.8. The standard InChI is InChI=1S/C17H20/c1-12(2)14-5-4-6-15(10-14)17(3)11-13-7-8-16(17)9-13/h4-8,10,13,16H,1,9,11H2,2-3H3. The Morgan fingerprint density at radius 2 is 2.18 bits per heavy atom.